The molecular formula is C18H16FN3O2. The topological polar surface area (TPSA) is 56.1 Å². The van der Waals surface area contributed by atoms with Gasteiger partial charge in [0.05, 0.1) is 11.4 Å². The molecule has 1 N–H and O–H groups in total. The molecule has 0 aliphatic rings. The van der Waals surface area contributed by atoms with Gasteiger partial charge in [0.1, 0.15) is 11.6 Å². The van der Waals surface area contributed by atoms with E-state index in [0.717, 1.165) is 5.69 Å². The highest BCUT2D eigenvalue weighted by molar-refractivity contribution is 5.95. The summed E-state index contributed by atoms with van der Waals surface area (Å²) in [6.07, 6.45) is 2.67. The number of anilines is 1. The van der Waals surface area contributed by atoms with Crippen LogP contribution in [-0.4, -0.2) is 21.8 Å². The minimum absolute atomic E-state index is 0.304. The Hall–Kier alpha value is -3.15. The third-order valence-corrected chi connectivity index (χ3v) is 3.39. The van der Waals surface area contributed by atoms with Gasteiger partial charge >= 0.3 is 0 Å². The van der Waals surface area contributed by atoms with Crippen LogP contribution in [0.4, 0.5) is 10.1 Å². The number of hydrogen-bond donors (Lipinski definition) is 1. The molecule has 0 bridgehead atoms. The Labute approximate surface area is 138 Å². The summed E-state index contributed by atoms with van der Waals surface area (Å²) in [5.74, 6) is -0.444. The van der Waals surface area contributed by atoms with E-state index in [0.29, 0.717) is 11.4 Å². The zero-order chi connectivity index (χ0) is 16.9. The van der Waals surface area contributed by atoms with Crippen molar-refractivity contribution in [1.29, 1.82) is 0 Å². The minimum Gasteiger partial charge on any atom is -0.481 e. The molecule has 1 unspecified atom stereocenters. The summed E-state index contributed by atoms with van der Waals surface area (Å²) in [7, 11) is 0. The van der Waals surface area contributed by atoms with Gasteiger partial charge in [-0.15, -0.1) is 0 Å². The molecule has 0 aliphatic carbocycles. The van der Waals surface area contributed by atoms with Crippen LogP contribution in [0, 0.1) is 5.82 Å². The maximum atomic E-state index is 13.2. The second-order valence-corrected chi connectivity index (χ2v) is 5.17. The third kappa shape index (κ3) is 3.60. The Balaban J connectivity index is 1.73. The van der Waals surface area contributed by atoms with E-state index in [1.807, 2.05) is 18.2 Å². The lowest BCUT2D eigenvalue weighted by molar-refractivity contribution is -0.122. The molecule has 24 heavy (non-hydrogen) atoms. The molecule has 1 aromatic heterocycles. The zero-order valence-electron chi connectivity index (χ0n) is 13.0. The number of halogens is 1. The number of rotatable bonds is 5. The highest BCUT2D eigenvalue weighted by Crippen LogP contribution is 2.20. The van der Waals surface area contributed by atoms with Gasteiger partial charge in [0.15, 0.2) is 6.10 Å². The molecule has 1 heterocycles. The van der Waals surface area contributed by atoms with Crippen LogP contribution in [0.3, 0.4) is 0 Å². The monoisotopic (exact) mass is 325 g/mol. The van der Waals surface area contributed by atoms with Crippen molar-refractivity contribution in [2.24, 2.45) is 0 Å². The van der Waals surface area contributed by atoms with Gasteiger partial charge < -0.3 is 10.1 Å². The molecule has 1 amide bonds. The first-order chi connectivity index (χ1) is 11.6. The van der Waals surface area contributed by atoms with Crippen molar-refractivity contribution < 1.29 is 13.9 Å². The van der Waals surface area contributed by atoms with Gasteiger partial charge in [0, 0.05) is 18.5 Å². The van der Waals surface area contributed by atoms with Crippen LogP contribution in [0.1, 0.15) is 6.92 Å². The second kappa shape index (κ2) is 6.95. The standard InChI is InChI=1S/C18H16FN3O2/c1-13(24-15-7-4-6-14(19)12-15)18(23)21-16-8-2-3-9-17(16)22-11-5-10-20-22/h2-13H,1H3,(H,21,23). The van der Waals surface area contributed by atoms with Crippen LogP contribution in [0.15, 0.2) is 67.0 Å². The summed E-state index contributed by atoms with van der Waals surface area (Å²) >= 11 is 0. The van der Waals surface area contributed by atoms with E-state index in [2.05, 4.69) is 10.4 Å². The summed E-state index contributed by atoms with van der Waals surface area (Å²) in [5.41, 5.74) is 1.36. The fourth-order valence-corrected chi connectivity index (χ4v) is 2.22. The average molecular weight is 325 g/mol. The Kier molecular flexibility index (Phi) is 4.56. The molecule has 3 rings (SSSR count). The number of hydrogen-bond acceptors (Lipinski definition) is 3. The number of amides is 1. The number of nitrogens with one attached hydrogen (secondary N) is 1. The lowest BCUT2D eigenvalue weighted by atomic mass is 10.2. The molecule has 3 aromatic rings. The smallest absolute Gasteiger partial charge is 0.265 e. The zero-order valence-corrected chi connectivity index (χ0v) is 13.0. The quantitative estimate of drug-likeness (QED) is 0.782. The van der Waals surface area contributed by atoms with Crippen LogP contribution in [-0.2, 0) is 4.79 Å². The molecule has 0 fully saturated rings. The van der Waals surface area contributed by atoms with Crippen molar-refractivity contribution in [3.8, 4) is 11.4 Å². The highest BCUT2D eigenvalue weighted by Gasteiger charge is 2.17. The van der Waals surface area contributed by atoms with Crippen molar-refractivity contribution in [1.82, 2.24) is 9.78 Å². The predicted octanol–water partition coefficient (Wildman–Crippen LogP) is 3.42. The maximum Gasteiger partial charge on any atom is 0.265 e. The van der Waals surface area contributed by atoms with Gasteiger partial charge in [-0.1, -0.05) is 18.2 Å². The highest BCUT2D eigenvalue weighted by atomic mass is 19.1. The van der Waals surface area contributed by atoms with E-state index in [1.54, 1.807) is 42.2 Å². The van der Waals surface area contributed by atoms with E-state index < -0.39 is 11.9 Å². The fraction of sp³-hybridized carbons (Fsp3) is 0.111. The summed E-state index contributed by atoms with van der Waals surface area (Å²) in [4.78, 5) is 12.4. The first-order valence-electron chi connectivity index (χ1n) is 7.45. The molecule has 0 spiro atoms. The van der Waals surface area contributed by atoms with E-state index in [-0.39, 0.29) is 5.91 Å². The van der Waals surface area contributed by atoms with Gasteiger partial charge in [-0.05, 0) is 37.3 Å². The Morgan fingerprint density at radius 1 is 1.21 bits per heavy atom. The first-order valence-corrected chi connectivity index (χ1v) is 7.45. The van der Waals surface area contributed by atoms with E-state index in [9.17, 15) is 9.18 Å². The van der Waals surface area contributed by atoms with Gasteiger partial charge in [0.25, 0.3) is 5.91 Å². The van der Waals surface area contributed by atoms with Crippen LogP contribution in [0.2, 0.25) is 0 Å². The van der Waals surface area contributed by atoms with E-state index in [4.69, 9.17) is 4.74 Å². The van der Waals surface area contributed by atoms with Gasteiger partial charge in [-0.25, -0.2) is 9.07 Å². The Bertz CT molecular complexity index is 834. The SMILES string of the molecule is CC(Oc1cccc(F)c1)C(=O)Nc1ccccc1-n1cccn1. The number of carbonyl (C=O) groups is 1. The molecule has 6 heteroatoms. The van der Waals surface area contributed by atoms with Crippen LogP contribution >= 0.6 is 0 Å². The second-order valence-electron chi connectivity index (χ2n) is 5.17. The average Bonchev–Trinajstić information content (AvgIpc) is 3.09. The number of ether oxygens (including phenoxy) is 1. The molecule has 5 nitrogen and oxygen atoms in total. The number of benzene rings is 2. The molecule has 0 aliphatic heterocycles. The van der Waals surface area contributed by atoms with E-state index >= 15 is 0 Å². The molecular weight excluding hydrogens is 309 g/mol. The Morgan fingerprint density at radius 2 is 2.04 bits per heavy atom. The Morgan fingerprint density at radius 3 is 2.79 bits per heavy atom. The molecule has 1 atom stereocenters. The summed E-state index contributed by atoms with van der Waals surface area (Å²) in [5, 5.41) is 6.98. The van der Waals surface area contributed by atoms with Crippen LogP contribution < -0.4 is 10.1 Å². The normalized spacial score (nSPS) is 11.8. The van der Waals surface area contributed by atoms with Crippen LogP contribution in [0.25, 0.3) is 5.69 Å². The predicted molar refractivity (Wildman–Crippen MR) is 88.7 cm³/mol. The van der Waals surface area contributed by atoms with Crippen molar-refractivity contribution in [3.63, 3.8) is 0 Å². The largest absolute Gasteiger partial charge is 0.481 e. The van der Waals surface area contributed by atoms with Gasteiger partial charge in [0.2, 0.25) is 0 Å². The minimum atomic E-state index is -0.780. The molecule has 0 saturated carbocycles. The molecule has 0 radical (unpaired) electrons. The van der Waals surface area contributed by atoms with Crippen molar-refractivity contribution >= 4 is 11.6 Å². The van der Waals surface area contributed by atoms with E-state index in [1.165, 1.54) is 18.2 Å². The van der Waals surface area contributed by atoms with Crippen molar-refractivity contribution in [2.45, 2.75) is 13.0 Å². The number of para-hydroxylation sites is 2. The summed E-state index contributed by atoms with van der Waals surface area (Å²) < 4.78 is 20.3. The van der Waals surface area contributed by atoms with Crippen molar-refractivity contribution in [2.75, 3.05) is 5.32 Å². The van der Waals surface area contributed by atoms with Crippen molar-refractivity contribution in [3.05, 3.63) is 72.8 Å². The van der Waals surface area contributed by atoms with Gasteiger partial charge in [-0.2, -0.15) is 5.10 Å². The summed E-state index contributed by atoms with van der Waals surface area (Å²) in [6, 6.07) is 14.8. The first kappa shape index (κ1) is 15.7. The lowest BCUT2D eigenvalue weighted by Gasteiger charge is -2.16. The van der Waals surface area contributed by atoms with Crippen LogP contribution in [0.5, 0.6) is 5.75 Å². The van der Waals surface area contributed by atoms with Gasteiger partial charge in [-0.3, -0.25) is 4.79 Å². The lowest BCUT2D eigenvalue weighted by Crippen LogP contribution is -2.30. The number of nitrogens with zero attached hydrogens (tertiary/aromatic N) is 2. The number of aromatic nitrogens is 2. The fourth-order valence-electron chi connectivity index (χ4n) is 2.22. The maximum absolute atomic E-state index is 13.2. The molecule has 0 saturated heterocycles. The summed E-state index contributed by atoms with van der Waals surface area (Å²) in [6.45, 7) is 1.61. The molecule has 122 valence electrons. The third-order valence-electron chi connectivity index (χ3n) is 3.39. The molecule has 2 aromatic carbocycles. The number of carbonyl (C=O) groups excluding carboxylic acids is 1.